The molecule has 1 aliphatic rings. The molecular weight excluding hydrogens is 229 g/mol. The van der Waals surface area contributed by atoms with E-state index in [0.29, 0.717) is 17.9 Å². The summed E-state index contributed by atoms with van der Waals surface area (Å²) in [4.78, 5) is 12.1. The van der Waals surface area contributed by atoms with Crippen molar-refractivity contribution in [1.82, 2.24) is 5.32 Å². The van der Waals surface area contributed by atoms with Crippen LogP contribution in [0.15, 0.2) is 18.2 Å². The molecule has 2 nitrogen and oxygen atoms in total. The molecule has 0 radical (unpaired) electrons. The second-order valence-corrected chi connectivity index (χ2v) is 5.13. The fourth-order valence-corrected chi connectivity index (χ4v) is 2.58. The molecule has 0 aromatic heterocycles. The van der Waals surface area contributed by atoms with Crippen LogP contribution in [0.25, 0.3) is 0 Å². The predicted octanol–water partition coefficient (Wildman–Crippen LogP) is 3.10. The number of hydrogen-bond donors (Lipinski definition) is 1. The molecule has 1 N–H and O–H groups in total. The third-order valence-corrected chi connectivity index (χ3v) is 3.67. The lowest BCUT2D eigenvalue weighted by atomic mass is 9.91. The maximum Gasteiger partial charge on any atom is 0.163 e. The number of aryl methyl sites for hydroxylation is 1. The molecule has 1 fully saturated rings. The van der Waals surface area contributed by atoms with Crippen LogP contribution in [-0.4, -0.2) is 18.9 Å². The molecule has 1 saturated heterocycles. The van der Waals surface area contributed by atoms with Gasteiger partial charge in [0.1, 0.15) is 5.82 Å². The third-order valence-electron chi connectivity index (χ3n) is 3.67. The second-order valence-electron chi connectivity index (χ2n) is 5.13. The van der Waals surface area contributed by atoms with Gasteiger partial charge in [0.25, 0.3) is 0 Å². The van der Waals surface area contributed by atoms with E-state index in [1.54, 1.807) is 13.0 Å². The standard InChI is InChI=1S/C15H20FNO/c1-11-9-13(16)5-6-14(11)15(18)7-4-12-3-2-8-17-10-12/h5-6,9,12,17H,2-4,7-8,10H2,1H3. The van der Waals surface area contributed by atoms with Gasteiger partial charge in [-0.2, -0.15) is 0 Å². The third kappa shape index (κ3) is 3.39. The van der Waals surface area contributed by atoms with E-state index in [4.69, 9.17) is 0 Å². The number of hydrogen-bond acceptors (Lipinski definition) is 2. The van der Waals surface area contributed by atoms with Gasteiger partial charge in [0, 0.05) is 12.0 Å². The van der Waals surface area contributed by atoms with Gasteiger partial charge in [-0.1, -0.05) is 0 Å². The minimum Gasteiger partial charge on any atom is -0.316 e. The highest BCUT2D eigenvalue weighted by Gasteiger charge is 2.16. The lowest BCUT2D eigenvalue weighted by Crippen LogP contribution is -2.30. The van der Waals surface area contributed by atoms with Gasteiger partial charge in [0.15, 0.2) is 5.78 Å². The minimum atomic E-state index is -0.277. The molecule has 1 aromatic rings. The number of ketones is 1. The highest BCUT2D eigenvalue weighted by Crippen LogP contribution is 2.19. The van der Waals surface area contributed by atoms with Crippen molar-refractivity contribution in [3.05, 3.63) is 35.1 Å². The van der Waals surface area contributed by atoms with E-state index in [1.807, 2.05) is 0 Å². The normalized spacial score (nSPS) is 19.8. The van der Waals surface area contributed by atoms with Crippen molar-refractivity contribution in [3.63, 3.8) is 0 Å². The molecule has 1 aromatic carbocycles. The molecule has 1 heterocycles. The van der Waals surface area contributed by atoms with Crippen molar-refractivity contribution in [2.75, 3.05) is 13.1 Å². The molecule has 2 rings (SSSR count). The van der Waals surface area contributed by atoms with Gasteiger partial charge in [-0.25, -0.2) is 4.39 Å². The molecule has 1 aliphatic heterocycles. The largest absolute Gasteiger partial charge is 0.316 e. The number of nitrogens with one attached hydrogen (secondary N) is 1. The Hall–Kier alpha value is -1.22. The van der Waals surface area contributed by atoms with Crippen molar-refractivity contribution in [2.24, 2.45) is 5.92 Å². The average Bonchev–Trinajstić information content (AvgIpc) is 2.37. The quantitative estimate of drug-likeness (QED) is 0.831. The Morgan fingerprint density at radius 3 is 3.00 bits per heavy atom. The molecule has 0 amide bonds. The molecule has 98 valence electrons. The van der Waals surface area contributed by atoms with E-state index in [9.17, 15) is 9.18 Å². The van der Waals surface area contributed by atoms with Gasteiger partial charge in [0.2, 0.25) is 0 Å². The first-order valence-electron chi connectivity index (χ1n) is 6.67. The number of piperidine rings is 1. The zero-order chi connectivity index (χ0) is 13.0. The monoisotopic (exact) mass is 249 g/mol. The molecule has 0 saturated carbocycles. The van der Waals surface area contributed by atoms with Crippen LogP contribution in [-0.2, 0) is 0 Å². The Labute approximate surface area is 108 Å². The summed E-state index contributed by atoms with van der Waals surface area (Å²) in [6.07, 6.45) is 3.92. The first kappa shape index (κ1) is 13.2. The Bertz CT molecular complexity index is 425. The molecule has 1 unspecified atom stereocenters. The smallest absolute Gasteiger partial charge is 0.163 e. The Kier molecular flexibility index (Phi) is 4.48. The topological polar surface area (TPSA) is 29.1 Å². The van der Waals surface area contributed by atoms with Gasteiger partial charge in [0.05, 0.1) is 0 Å². The van der Waals surface area contributed by atoms with Crippen LogP contribution in [0.5, 0.6) is 0 Å². The number of carbonyl (C=O) groups excluding carboxylic acids is 1. The van der Waals surface area contributed by atoms with Crippen molar-refractivity contribution < 1.29 is 9.18 Å². The maximum atomic E-state index is 13.0. The lowest BCUT2D eigenvalue weighted by molar-refractivity contribution is 0.0971. The molecule has 18 heavy (non-hydrogen) atoms. The predicted molar refractivity (Wildman–Crippen MR) is 70.3 cm³/mol. The highest BCUT2D eigenvalue weighted by molar-refractivity contribution is 5.97. The highest BCUT2D eigenvalue weighted by atomic mass is 19.1. The Balaban J connectivity index is 1.90. The lowest BCUT2D eigenvalue weighted by Gasteiger charge is -2.22. The van der Waals surface area contributed by atoms with Gasteiger partial charge in [-0.15, -0.1) is 0 Å². The first-order chi connectivity index (χ1) is 8.66. The molecule has 0 spiro atoms. The molecule has 1 atom stereocenters. The van der Waals surface area contributed by atoms with Crippen LogP contribution >= 0.6 is 0 Å². The van der Waals surface area contributed by atoms with Crippen molar-refractivity contribution >= 4 is 5.78 Å². The van der Waals surface area contributed by atoms with Crippen molar-refractivity contribution in [3.8, 4) is 0 Å². The van der Waals surface area contributed by atoms with Crippen LogP contribution in [0.4, 0.5) is 4.39 Å². The van der Waals surface area contributed by atoms with Crippen LogP contribution in [0, 0.1) is 18.7 Å². The molecule has 0 bridgehead atoms. The van der Waals surface area contributed by atoms with Gasteiger partial charge in [-0.05, 0) is 69.0 Å². The van der Waals surface area contributed by atoms with E-state index >= 15 is 0 Å². The molecule has 0 aliphatic carbocycles. The Morgan fingerprint density at radius 2 is 2.33 bits per heavy atom. The summed E-state index contributed by atoms with van der Waals surface area (Å²) < 4.78 is 13.0. The first-order valence-corrected chi connectivity index (χ1v) is 6.67. The van der Waals surface area contributed by atoms with E-state index in [2.05, 4.69) is 5.32 Å². The zero-order valence-corrected chi connectivity index (χ0v) is 10.8. The summed E-state index contributed by atoms with van der Waals surface area (Å²) >= 11 is 0. The van der Waals surface area contributed by atoms with Crippen LogP contribution in [0.1, 0.15) is 41.6 Å². The van der Waals surface area contributed by atoms with Crippen molar-refractivity contribution in [1.29, 1.82) is 0 Å². The Morgan fingerprint density at radius 1 is 1.50 bits per heavy atom. The van der Waals surface area contributed by atoms with Crippen LogP contribution in [0.3, 0.4) is 0 Å². The summed E-state index contributed by atoms with van der Waals surface area (Å²) in [6.45, 7) is 3.91. The number of benzene rings is 1. The second kappa shape index (κ2) is 6.10. The van der Waals surface area contributed by atoms with E-state index in [0.717, 1.165) is 25.1 Å². The maximum absolute atomic E-state index is 13.0. The SMILES string of the molecule is Cc1cc(F)ccc1C(=O)CCC1CCCNC1. The number of rotatable bonds is 4. The fraction of sp³-hybridized carbons (Fsp3) is 0.533. The number of Topliss-reactive ketones (excluding diaryl/α,β-unsaturated/α-hetero) is 1. The number of carbonyl (C=O) groups is 1. The van der Waals surface area contributed by atoms with E-state index in [1.165, 1.54) is 25.0 Å². The van der Waals surface area contributed by atoms with Gasteiger partial charge >= 0.3 is 0 Å². The van der Waals surface area contributed by atoms with Crippen LogP contribution in [0.2, 0.25) is 0 Å². The van der Waals surface area contributed by atoms with E-state index < -0.39 is 0 Å². The summed E-state index contributed by atoms with van der Waals surface area (Å²) in [5, 5.41) is 3.36. The summed E-state index contributed by atoms with van der Waals surface area (Å²) in [7, 11) is 0. The molecule has 3 heteroatoms. The summed E-state index contributed by atoms with van der Waals surface area (Å²) in [5.74, 6) is 0.474. The van der Waals surface area contributed by atoms with Gasteiger partial charge < -0.3 is 5.32 Å². The average molecular weight is 249 g/mol. The molecular formula is C15H20FNO. The summed E-state index contributed by atoms with van der Waals surface area (Å²) in [5.41, 5.74) is 1.40. The summed E-state index contributed by atoms with van der Waals surface area (Å²) in [6, 6.07) is 4.39. The van der Waals surface area contributed by atoms with Crippen molar-refractivity contribution in [2.45, 2.75) is 32.6 Å². The van der Waals surface area contributed by atoms with Gasteiger partial charge in [-0.3, -0.25) is 4.79 Å². The number of halogens is 1. The van der Waals surface area contributed by atoms with Crippen LogP contribution < -0.4 is 5.32 Å². The zero-order valence-electron chi connectivity index (χ0n) is 10.8. The van der Waals surface area contributed by atoms with E-state index in [-0.39, 0.29) is 11.6 Å². The fourth-order valence-electron chi connectivity index (χ4n) is 2.58. The minimum absolute atomic E-state index is 0.137.